The van der Waals surface area contributed by atoms with Crippen LogP contribution in [0.5, 0.6) is 0 Å². The van der Waals surface area contributed by atoms with E-state index in [0.717, 1.165) is 39.3 Å². The minimum absolute atomic E-state index is 0.0171. The Morgan fingerprint density at radius 3 is 2.83 bits per heavy atom. The molecule has 6 nitrogen and oxygen atoms in total. The highest BCUT2D eigenvalue weighted by Crippen LogP contribution is 2.14. The van der Waals surface area contributed by atoms with Crippen LogP contribution in [0.2, 0.25) is 0 Å². The number of rotatable bonds is 4. The molecule has 2 aliphatic heterocycles. The van der Waals surface area contributed by atoms with Crippen molar-refractivity contribution >= 4 is 22.9 Å². The number of piperazine rings is 1. The van der Waals surface area contributed by atoms with E-state index in [0.29, 0.717) is 5.75 Å². The van der Waals surface area contributed by atoms with Gasteiger partial charge in [0.2, 0.25) is 5.91 Å². The van der Waals surface area contributed by atoms with E-state index in [1.165, 1.54) is 11.8 Å². The molecule has 0 bridgehead atoms. The lowest BCUT2D eigenvalue weighted by Crippen LogP contribution is -2.49. The van der Waals surface area contributed by atoms with Gasteiger partial charge in [0, 0.05) is 52.1 Å². The zero-order valence-electron chi connectivity index (χ0n) is 10.6. The molecule has 0 aromatic heterocycles. The first-order chi connectivity index (χ1) is 8.66. The van der Waals surface area contributed by atoms with Gasteiger partial charge in [-0.3, -0.25) is 14.5 Å². The van der Waals surface area contributed by atoms with Crippen molar-refractivity contribution in [2.75, 3.05) is 52.1 Å². The van der Waals surface area contributed by atoms with E-state index < -0.39 is 0 Å². The molecule has 0 aromatic rings. The van der Waals surface area contributed by atoms with Crippen LogP contribution < -0.4 is 10.6 Å². The highest BCUT2D eigenvalue weighted by molar-refractivity contribution is 8.14. The Labute approximate surface area is 111 Å². The monoisotopic (exact) mass is 272 g/mol. The van der Waals surface area contributed by atoms with Crippen LogP contribution in [0.15, 0.2) is 0 Å². The Balaban J connectivity index is 1.71. The molecule has 2 fully saturated rings. The van der Waals surface area contributed by atoms with Crippen molar-refractivity contribution in [1.29, 1.82) is 0 Å². The third kappa shape index (κ3) is 3.60. The van der Waals surface area contributed by atoms with Crippen molar-refractivity contribution in [1.82, 2.24) is 20.4 Å². The topological polar surface area (TPSA) is 64.7 Å². The fourth-order valence-electron chi connectivity index (χ4n) is 2.12. The molecule has 2 heterocycles. The number of carbonyl (C=O) groups is 2. The second kappa shape index (κ2) is 6.40. The average molecular weight is 272 g/mol. The van der Waals surface area contributed by atoms with E-state index in [1.807, 2.05) is 0 Å². The minimum atomic E-state index is -0.337. The van der Waals surface area contributed by atoms with Gasteiger partial charge in [0.1, 0.15) is 6.04 Å². The molecule has 0 aromatic carbocycles. The van der Waals surface area contributed by atoms with Crippen molar-refractivity contribution in [2.24, 2.45) is 0 Å². The standard InChI is InChI=1S/C11H20N4O2S/c1-14(6-7-15-4-2-12-3-5-15)10(16)9-8-18-11(17)13-9/h9,12H,2-8H2,1H3,(H,13,17). The number of carbonyl (C=O) groups excluding carboxylic acids is 2. The highest BCUT2D eigenvalue weighted by atomic mass is 32.2. The third-order valence-corrected chi connectivity index (χ3v) is 4.19. The average Bonchev–Trinajstić information content (AvgIpc) is 2.83. The van der Waals surface area contributed by atoms with Gasteiger partial charge in [0.05, 0.1) is 0 Å². The largest absolute Gasteiger partial charge is 0.343 e. The second-order valence-corrected chi connectivity index (χ2v) is 5.64. The van der Waals surface area contributed by atoms with Gasteiger partial charge in [-0.15, -0.1) is 0 Å². The number of nitrogens with zero attached hydrogens (tertiary/aromatic N) is 2. The summed E-state index contributed by atoms with van der Waals surface area (Å²) >= 11 is 1.18. The van der Waals surface area contributed by atoms with E-state index >= 15 is 0 Å². The van der Waals surface area contributed by atoms with Gasteiger partial charge in [-0.05, 0) is 0 Å². The Morgan fingerprint density at radius 1 is 1.50 bits per heavy atom. The van der Waals surface area contributed by atoms with Gasteiger partial charge in [-0.25, -0.2) is 0 Å². The number of hydrogen-bond acceptors (Lipinski definition) is 5. The smallest absolute Gasteiger partial charge is 0.279 e. The van der Waals surface area contributed by atoms with E-state index in [4.69, 9.17) is 0 Å². The van der Waals surface area contributed by atoms with E-state index in [2.05, 4.69) is 15.5 Å². The first-order valence-corrected chi connectivity index (χ1v) is 7.27. The summed E-state index contributed by atoms with van der Waals surface area (Å²) in [6.45, 7) is 5.74. The Morgan fingerprint density at radius 2 is 2.22 bits per heavy atom. The molecule has 2 rings (SSSR count). The van der Waals surface area contributed by atoms with Gasteiger partial charge in [0.15, 0.2) is 0 Å². The summed E-state index contributed by atoms with van der Waals surface area (Å²) in [4.78, 5) is 27.2. The summed E-state index contributed by atoms with van der Waals surface area (Å²) in [6, 6.07) is -0.337. The first-order valence-electron chi connectivity index (χ1n) is 6.28. The molecule has 2 saturated heterocycles. The lowest BCUT2D eigenvalue weighted by atomic mass is 10.3. The molecule has 7 heteroatoms. The molecule has 0 radical (unpaired) electrons. The maximum absolute atomic E-state index is 12.0. The number of hydrogen-bond donors (Lipinski definition) is 2. The summed E-state index contributed by atoms with van der Waals surface area (Å²) in [5.74, 6) is 0.568. The second-order valence-electron chi connectivity index (χ2n) is 4.65. The molecule has 0 aliphatic carbocycles. The summed E-state index contributed by atoms with van der Waals surface area (Å²) in [7, 11) is 1.81. The predicted molar refractivity (Wildman–Crippen MR) is 71.7 cm³/mol. The van der Waals surface area contributed by atoms with Crippen LogP contribution >= 0.6 is 11.8 Å². The molecule has 0 spiro atoms. The zero-order valence-corrected chi connectivity index (χ0v) is 11.5. The fraction of sp³-hybridized carbons (Fsp3) is 0.818. The SMILES string of the molecule is CN(CCN1CCNCC1)C(=O)C1CSC(=O)N1. The molecule has 102 valence electrons. The molecule has 2 amide bonds. The molecule has 2 N–H and O–H groups in total. The first kappa shape index (κ1) is 13.6. The van der Waals surface area contributed by atoms with Crippen LogP contribution in [0.3, 0.4) is 0 Å². The van der Waals surface area contributed by atoms with Crippen molar-refractivity contribution < 1.29 is 9.59 Å². The Hall–Kier alpha value is -0.790. The molecule has 1 atom stereocenters. The quantitative estimate of drug-likeness (QED) is 0.700. The number of amides is 2. The van der Waals surface area contributed by atoms with Gasteiger partial charge in [0.25, 0.3) is 5.24 Å². The van der Waals surface area contributed by atoms with E-state index in [9.17, 15) is 9.59 Å². The minimum Gasteiger partial charge on any atom is -0.343 e. The van der Waals surface area contributed by atoms with Crippen molar-refractivity contribution in [3.8, 4) is 0 Å². The van der Waals surface area contributed by atoms with Crippen molar-refractivity contribution in [2.45, 2.75) is 6.04 Å². The van der Waals surface area contributed by atoms with Crippen molar-refractivity contribution in [3.63, 3.8) is 0 Å². The normalized spacial score (nSPS) is 24.9. The van der Waals surface area contributed by atoms with E-state index in [-0.39, 0.29) is 17.2 Å². The Kier molecular flexibility index (Phi) is 4.85. The van der Waals surface area contributed by atoms with Gasteiger partial charge < -0.3 is 15.5 Å². The summed E-state index contributed by atoms with van der Waals surface area (Å²) < 4.78 is 0. The maximum Gasteiger partial charge on any atom is 0.279 e. The zero-order chi connectivity index (χ0) is 13.0. The molecular formula is C11H20N4O2S. The van der Waals surface area contributed by atoms with Gasteiger partial charge in [-0.1, -0.05) is 11.8 Å². The van der Waals surface area contributed by atoms with Crippen LogP contribution in [-0.2, 0) is 4.79 Å². The van der Waals surface area contributed by atoms with Crippen LogP contribution in [0.4, 0.5) is 4.79 Å². The maximum atomic E-state index is 12.0. The van der Waals surface area contributed by atoms with Crippen molar-refractivity contribution in [3.05, 3.63) is 0 Å². The molecule has 18 heavy (non-hydrogen) atoms. The highest BCUT2D eigenvalue weighted by Gasteiger charge is 2.30. The molecule has 0 saturated carbocycles. The Bertz CT molecular complexity index is 320. The summed E-state index contributed by atoms with van der Waals surface area (Å²) in [6.07, 6.45) is 0. The summed E-state index contributed by atoms with van der Waals surface area (Å²) in [5.41, 5.74) is 0. The van der Waals surface area contributed by atoms with Gasteiger partial charge in [-0.2, -0.15) is 0 Å². The van der Waals surface area contributed by atoms with Crippen LogP contribution in [0, 0.1) is 0 Å². The van der Waals surface area contributed by atoms with Crippen LogP contribution in [0.25, 0.3) is 0 Å². The molecule has 2 aliphatic rings. The van der Waals surface area contributed by atoms with Gasteiger partial charge >= 0.3 is 0 Å². The summed E-state index contributed by atoms with van der Waals surface area (Å²) in [5, 5.41) is 5.89. The number of likely N-dealkylation sites (N-methyl/N-ethyl adjacent to an activating group) is 1. The third-order valence-electron chi connectivity index (χ3n) is 3.31. The lowest BCUT2D eigenvalue weighted by molar-refractivity contribution is -0.131. The molecule has 1 unspecified atom stereocenters. The van der Waals surface area contributed by atoms with Crippen LogP contribution in [0.1, 0.15) is 0 Å². The number of thioether (sulfide) groups is 1. The fourth-order valence-corrected chi connectivity index (χ4v) is 2.89. The van der Waals surface area contributed by atoms with Crippen LogP contribution in [-0.4, -0.2) is 79.1 Å². The van der Waals surface area contributed by atoms with E-state index in [1.54, 1.807) is 11.9 Å². The lowest BCUT2D eigenvalue weighted by Gasteiger charge is -2.29. The predicted octanol–water partition coefficient (Wildman–Crippen LogP) is -0.825. The molecular weight excluding hydrogens is 252 g/mol. The number of nitrogens with one attached hydrogen (secondary N) is 2.